The van der Waals surface area contributed by atoms with Crippen LogP contribution >= 0.6 is 11.6 Å². The fourth-order valence-corrected chi connectivity index (χ4v) is 4.28. The maximum atomic E-state index is 11.9. The first-order valence-corrected chi connectivity index (χ1v) is 10.7. The van der Waals surface area contributed by atoms with Crippen LogP contribution in [0.4, 0.5) is 5.69 Å². The zero-order valence-electron chi connectivity index (χ0n) is 15.8. The zero-order chi connectivity index (χ0) is 20.5. The number of halogens is 1. The molecule has 2 unspecified atom stereocenters. The highest BCUT2D eigenvalue weighted by Crippen LogP contribution is 2.37. The standard InChI is InChI=1S/C19H23ClN4O3S/c1-4-19(13(2)25,14-8-10-15(20)11-9-14)24-18-7-5-6-17(16(18)12-22-24)23-28(26,27)21-3/h5-13,21,23,25H,4H2,1-3H3. The molecule has 7 nitrogen and oxygen atoms in total. The van der Waals surface area contributed by atoms with Crippen molar-refractivity contribution in [1.29, 1.82) is 0 Å². The number of benzene rings is 2. The summed E-state index contributed by atoms with van der Waals surface area (Å²) >= 11 is 6.04. The molecule has 1 aromatic heterocycles. The van der Waals surface area contributed by atoms with Crippen LogP contribution in [0.15, 0.2) is 48.7 Å². The maximum Gasteiger partial charge on any atom is 0.298 e. The quantitative estimate of drug-likeness (QED) is 0.545. The third-order valence-electron chi connectivity index (χ3n) is 5.08. The molecule has 150 valence electrons. The second kappa shape index (κ2) is 7.71. The fourth-order valence-electron chi connectivity index (χ4n) is 3.58. The number of aliphatic hydroxyl groups is 1. The van der Waals surface area contributed by atoms with Crippen LogP contribution in [0.25, 0.3) is 10.9 Å². The average Bonchev–Trinajstić information content (AvgIpc) is 3.09. The van der Waals surface area contributed by atoms with Gasteiger partial charge in [0.1, 0.15) is 5.54 Å². The van der Waals surface area contributed by atoms with Crippen molar-refractivity contribution in [3.63, 3.8) is 0 Å². The lowest BCUT2D eigenvalue weighted by Gasteiger charge is -2.37. The molecule has 0 aliphatic rings. The van der Waals surface area contributed by atoms with E-state index in [1.165, 1.54) is 7.05 Å². The molecular weight excluding hydrogens is 400 g/mol. The number of rotatable bonds is 7. The van der Waals surface area contributed by atoms with Gasteiger partial charge in [-0.15, -0.1) is 0 Å². The number of aliphatic hydroxyl groups excluding tert-OH is 1. The first-order valence-electron chi connectivity index (χ1n) is 8.87. The molecule has 3 aromatic rings. The van der Waals surface area contributed by atoms with E-state index in [2.05, 4.69) is 14.5 Å². The van der Waals surface area contributed by atoms with Crippen molar-refractivity contribution in [2.24, 2.45) is 0 Å². The largest absolute Gasteiger partial charge is 0.391 e. The van der Waals surface area contributed by atoms with E-state index in [-0.39, 0.29) is 0 Å². The molecule has 0 amide bonds. The summed E-state index contributed by atoms with van der Waals surface area (Å²) in [5, 5.41) is 16.6. The first-order chi connectivity index (χ1) is 13.2. The number of hydrogen-bond donors (Lipinski definition) is 3. The smallest absolute Gasteiger partial charge is 0.298 e. The van der Waals surface area contributed by atoms with Gasteiger partial charge in [0.25, 0.3) is 10.2 Å². The Bertz CT molecular complexity index is 1080. The minimum atomic E-state index is -3.67. The SMILES string of the molecule is CCC(c1ccc(Cl)cc1)(C(C)O)n1ncc2c(NS(=O)(=O)NC)cccc21. The zero-order valence-corrected chi connectivity index (χ0v) is 17.4. The molecule has 0 bridgehead atoms. The lowest BCUT2D eigenvalue weighted by Crippen LogP contribution is -2.44. The number of fused-ring (bicyclic) bond motifs is 1. The van der Waals surface area contributed by atoms with Gasteiger partial charge in [0.2, 0.25) is 0 Å². The Hall–Kier alpha value is -2.13. The molecule has 3 rings (SSSR count). The van der Waals surface area contributed by atoms with E-state index in [4.69, 9.17) is 11.6 Å². The van der Waals surface area contributed by atoms with Crippen molar-refractivity contribution in [2.75, 3.05) is 11.8 Å². The Balaban J connectivity index is 2.24. The normalized spacial score (nSPS) is 15.3. The summed E-state index contributed by atoms with van der Waals surface area (Å²) in [6, 6.07) is 12.6. The Morgan fingerprint density at radius 2 is 1.93 bits per heavy atom. The highest BCUT2D eigenvalue weighted by atomic mass is 35.5. The van der Waals surface area contributed by atoms with Gasteiger partial charge >= 0.3 is 0 Å². The number of nitrogens with one attached hydrogen (secondary N) is 2. The van der Waals surface area contributed by atoms with Crippen LogP contribution in [0.3, 0.4) is 0 Å². The van der Waals surface area contributed by atoms with Crippen molar-refractivity contribution in [3.8, 4) is 0 Å². The van der Waals surface area contributed by atoms with Crippen LogP contribution in [0.2, 0.25) is 5.02 Å². The molecule has 28 heavy (non-hydrogen) atoms. The maximum absolute atomic E-state index is 11.9. The second-order valence-corrected chi connectivity index (χ2v) is 8.62. The van der Waals surface area contributed by atoms with E-state index in [9.17, 15) is 13.5 Å². The lowest BCUT2D eigenvalue weighted by atomic mass is 9.82. The Morgan fingerprint density at radius 3 is 2.50 bits per heavy atom. The van der Waals surface area contributed by atoms with E-state index in [0.717, 1.165) is 5.56 Å². The van der Waals surface area contributed by atoms with Crippen molar-refractivity contribution < 1.29 is 13.5 Å². The molecule has 0 aliphatic carbocycles. The van der Waals surface area contributed by atoms with Gasteiger partial charge in [0.05, 0.1) is 23.5 Å². The van der Waals surface area contributed by atoms with Gasteiger partial charge in [-0.05, 0) is 43.2 Å². The molecule has 0 saturated heterocycles. The summed E-state index contributed by atoms with van der Waals surface area (Å²) in [6.45, 7) is 3.70. The molecule has 0 saturated carbocycles. The summed E-state index contributed by atoms with van der Waals surface area (Å²) < 4.78 is 30.4. The van der Waals surface area contributed by atoms with Gasteiger partial charge in [-0.2, -0.15) is 13.5 Å². The van der Waals surface area contributed by atoms with Crippen LogP contribution in [-0.4, -0.2) is 36.5 Å². The molecule has 9 heteroatoms. The summed E-state index contributed by atoms with van der Waals surface area (Å²) in [5.41, 5.74) is 1.13. The number of anilines is 1. The van der Waals surface area contributed by atoms with Gasteiger partial charge < -0.3 is 5.11 Å². The average molecular weight is 423 g/mol. The molecular formula is C19H23ClN4O3S. The minimum Gasteiger partial charge on any atom is -0.391 e. The van der Waals surface area contributed by atoms with Gasteiger partial charge in [0.15, 0.2) is 0 Å². The van der Waals surface area contributed by atoms with Gasteiger partial charge in [-0.1, -0.05) is 36.7 Å². The molecule has 2 atom stereocenters. The monoisotopic (exact) mass is 422 g/mol. The van der Waals surface area contributed by atoms with Gasteiger partial charge in [-0.3, -0.25) is 9.40 Å². The topological polar surface area (TPSA) is 96.2 Å². The molecule has 3 N–H and O–H groups in total. The van der Waals surface area contributed by atoms with Crippen LogP contribution < -0.4 is 9.44 Å². The highest BCUT2D eigenvalue weighted by molar-refractivity contribution is 7.90. The second-order valence-electron chi connectivity index (χ2n) is 6.57. The predicted molar refractivity (Wildman–Crippen MR) is 112 cm³/mol. The van der Waals surface area contributed by atoms with E-state index in [1.54, 1.807) is 42.1 Å². The summed E-state index contributed by atoms with van der Waals surface area (Å²) in [4.78, 5) is 0. The van der Waals surface area contributed by atoms with Crippen molar-refractivity contribution >= 4 is 38.4 Å². The fraction of sp³-hybridized carbons (Fsp3) is 0.316. The van der Waals surface area contributed by atoms with E-state index in [0.29, 0.717) is 28.0 Å². The third-order valence-corrected chi connectivity index (χ3v) is 6.36. The lowest BCUT2D eigenvalue weighted by molar-refractivity contribution is 0.0669. The van der Waals surface area contributed by atoms with Crippen molar-refractivity contribution in [2.45, 2.75) is 31.9 Å². The minimum absolute atomic E-state index is 0.407. The Morgan fingerprint density at radius 1 is 1.25 bits per heavy atom. The molecule has 0 fully saturated rings. The predicted octanol–water partition coefficient (Wildman–Crippen LogP) is 3.10. The van der Waals surface area contributed by atoms with Crippen LogP contribution in [0.1, 0.15) is 25.8 Å². The van der Waals surface area contributed by atoms with Crippen molar-refractivity contribution in [1.82, 2.24) is 14.5 Å². The summed E-state index contributed by atoms with van der Waals surface area (Å²) in [7, 11) is -2.33. The summed E-state index contributed by atoms with van der Waals surface area (Å²) in [6.07, 6.45) is 1.40. The Labute approximate surface area is 169 Å². The third kappa shape index (κ3) is 3.48. The van der Waals surface area contributed by atoms with Gasteiger partial charge in [-0.25, -0.2) is 4.72 Å². The van der Waals surface area contributed by atoms with E-state index in [1.807, 2.05) is 25.1 Å². The van der Waals surface area contributed by atoms with Crippen LogP contribution in [-0.2, 0) is 15.7 Å². The van der Waals surface area contributed by atoms with Crippen molar-refractivity contribution in [3.05, 3.63) is 59.2 Å². The molecule has 2 aromatic carbocycles. The van der Waals surface area contributed by atoms with Crippen LogP contribution in [0.5, 0.6) is 0 Å². The molecule has 1 heterocycles. The summed E-state index contributed by atoms with van der Waals surface area (Å²) in [5.74, 6) is 0. The number of hydrogen-bond acceptors (Lipinski definition) is 4. The van der Waals surface area contributed by atoms with E-state index >= 15 is 0 Å². The first kappa shape index (κ1) is 20.6. The highest BCUT2D eigenvalue weighted by Gasteiger charge is 2.39. The van der Waals surface area contributed by atoms with Gasteiger partial charge in [0, 0.05) is 17.5 Å². The van der Waals surface area contributed by atoms with E-state index < -0.39 is 21.9 Å². The number of nitrogens with zero attached hydrogens (tertiary/aromatic N) is 2. The Kier molecular flexibility index (Phi) is 5.67. The van der Waals surface area contributed by atoms with Crippen LogP contribution in [0, 0.1) is 0 Å². The number of aromatic nitrogens is 2. The molecule has 0 aliphatic heterocycles. The molecule has 0 radical (unpaired) electrons. The molecule has 0 spiro atoms.